The van der Waals surface area contributed by atoms with Crippen molar-refractivity contribution in [2.45, 2.75) is 26.9 Å². The van der Waals surface area contributed by atoms with Crippen LogP contribution in [0.15, 0.2) is 33.7 Å². The highest BCUT2D eigenvalue weighted by Gasteiger charge is 2.07. The van der Waals surface area contributed by atoms with Gasteiger partial charge in [0, 0.05) is 13.6 Å². The van der Waals surface area contributed by atoms with Crippen molar-refractivity contribution in [2.24, 2.45) is 4.99 Å². The number of carbonyl (C=O) groups is 1. The van der Waals surface area contributed by atoms with Gasteiger partial charge in [-0.3, -0.25) is 4.99 Å². The number of ether oxygens (including phenoxy) is 1. The van der Waals surface area contributed by atoms with Crippen molar-refractivity contribution in [2.75, 3.05) is 14.2 Å². The largest absolute Gasteiger partial charge is 0.465 e. The zero-order chi connectivity index (χ0) is 17.5. The first-order chi connectivity index (χ1) is 11.5. The van der Waals surface area contributed by atoms with Crippen LogP contribution in [0.25, 0.3) is 0 Å². The molecule has 2 aromatic rings. The number of nitrogens with zero attached hydrogens (tertiary/aromatic N) is 2. The lowest BCUT2D eigenvalue weighted by Gasteiger charge is -2.11. The van der Waals surface area contributed by atoms with Crippen molar-refractivity contribution >= 4 is 11.9 Å². The molecule has 0 spiro atoms. The molecule has 128 valence electrons. The summed E-state index contributed by atoms with van der Waals surface area (Å²) in [4.78, 5) is 19.9. The molecule has 7 nitrogen and oxygen atoms in total. The summed E-state index contributed by atoms with van der Waals surface area (Å²) in [6.45, 7) is 4.82. The Balaban J connectivity index is 1.86. The van der Waals surface area contributed by atoms with Gasteiger partial charge in [-0.25, -0.2) is 9.78 Å². The maximum absolute atomic E-state index is 11.4. The lowest BCUT2D eigenvalue weighted by Crippen LogP contribution is -2.36. The van der Waals surface area contributed by atoms with Gasteiger partial charge in [0.05, 0.1) is 24.9 Å². The highest BCUT2D eigenvalue weighted by Crippen LogP contribution is 2.08. The van der Waals surface area contributed by atoms with E-state index in [-0.39, 0.29) is 5.97 Å². The minimum Gasteiger partial charge on any atom is -0.465 e. The SMILES string of the molecule is CN=C(NCc1ccc(C(=O)OC)cc1)NCc1nc(C)c(C)o1. The van der Waals surface area contributed by atoms with Crippen LogP contribution < -0.4 is 10.6 Å². The van der Waals surface area contributed by atoms with Crippen molar-refractivity contribution in [3.05, 3.63) is 52.7 Å². The Bertz CT molecular complexity index is 700. The molecule has 0 bridgehead atoms. The predicted molar refractivity (Wildman–Crippen MR) is 90.8 cm³/mol. The second kappa shape index (κ2) is 8.14. The monoisotopic (exact) mass is 330 g/mol. The fourth-order valence-electron chi connectivity index (χ4n) is 2.06. The second-order valence-corrected chi connectivity index (χ2v) is 5.22. The molecule has 24 heavy (non-hydrogen) atoms. The molecule has 2 N–H and O–H groups in total. The minimum atomic E-state index is -0.344. The van der Waals surface area contributed by atoms with Crippen molar-refractivity contribution in [3.8, 4) is 0 Å². The maximum Gasteiger partial charge on any atom is 0.337 e. The average Bonchev–Trinajstić information content (AvgIpc) is 2.93. The number of hydrogen-bond acceptors (Lipinski definition) is 5. The number of carbonyl (C=O) groups excluding carboxylic acids is 1. The summed E-state index contributed by atoms with van der Waals surface area (Å²) in [5.74, 6) is 1.74. The van der Waals surface area contributed by atoms with Crippen LogP contribution in [-0.2, 0) is 17.8 Å². The molecule has 2 rings (SSSR count). The summed E-state index contributed by atoms with van der Waals surface area (Å²) in [5, 5.41) is 6.34. The Hall–Kier alpha value is -2.83. The minimum absolute atomic E-state index is 0.344. The van der Waals surface area contributed by atoms with Gasteiger partial charge in [-0.15, -0.1) is 0 Å². The standard InChI is InChI=1S/C17H22N4O3/c1-11-12(2)24-15(21-11)10-20-17(18-3)19-9-13-5-7-14(8-6-13)16(22)23-4/h5-8H,9-10H2,1-4H3,(H2,18,19,20). The van der Waals surface area contributed by atoms with Crippen LogP contribution in [0.4, 0.5) is 0 Å². The number of guanidine groups is 1. The molecule has 0 aliphatic carbocycles. The molecular formula is C17H22N4O3. The van der Waals surface area contributed by atoms with E-state index in [0.29, 0.717) is 30.5 Å². The Morgan fingerprint density at radius 2 is 1.88 bits per heavy atom. The number of rotatable bonds is 5. The lowest BCUT2D eigenvalue weighted by atomic mass is 10.1. The summed E-state index contributed by atoms with van der Waals surface area (Å²) in [7, 11) is 3.06. The first-order valence-electron chi connectivity index (χ1n) is 7.58. The zero-order valence-corrected chi connectivity index (χ0v) is 14.3. The third-order valence-electron chi connectivity index (χ3n) is 3.54. The summed E-state index contributed by atoms with van der Waals surface area (Å²) >= 11 is 0. The number of nitrogens with one attached hydrogen (secondary N) is 2. The van der Waals surface area contributed by atoms with Gasteiger partial charge >= 0.3 is 5.97 Å². The molecule has 0 saturated carbocycles. The van der Waals surface area contributed by atoms with Gasteiger partial charge in [-0.1, -0.05) is 12.1 Å². The zero-order valence-electron chi connectivity index (χ0n) is 14.3. The quantitative estimate of drug-likeness (QED) is 0.495. The molecular weight excluding hydrogens is 308 g/mol. The van der Waals surface area contributed by atoms with Crippen LogP contribution in [-0.4, -0.2) is 31.1 Å². The van der Waals surface area contributed by atoms with E-state index in [2.05, 4.69) is 25.3 Å². The molecule has 7 heteroatoms. The summed E-state index contributed by atoms with van der Waals surface area (Å²) in [6.07, 6.45) is 0. The fourth-order valence-corrected chi connectivity index (χ4v) is 2.06. The Kier molecular flexibility index (Phi) is 5.95. The Morgan fingerprint density at radius 1 is 1.21 bits per heavy atom. The number of hydrogen-bond donors (Lipinski definition) is 2. The molecule has 0 radical (unpaired) electrons. The molecule has 0 saturated heterocycles. The van der Waals surface area contributed by atoms with Crippen molar-refractivity contribution in [3.63, 3.8) is 0 Å². The average molecular weight is 330 g/mol. The third kappa shape index (κ3) is 4.58. The fraction of sp³-hybridized carbons (Fsp3) is 0.353. The molecule has 1 aromatic carbocycles. The van der Waals surface area contributed by atoms with Gasteiger partial charge in [-0.2, -0.15) is 0 Å². The molecule has 1 heterocycles. The summed E-state index contributed by atoms with van der Waals surface area (Å²) < 4.78 is 10.2. The van der Waals surface area contributed by atoms with E-state index < -0.39 is 0 Å². The van der Waals surface area contributed by atoms with Gasteiger partial charge in [0.1, 0.15) is 5.76 Å². The smallest absolute Gasteiger partial charge is 0.337 e. The van der Waals surface area contributed by atoms with Crippen molar-refractivity contribution in [1.82, 2.24) is 15.6 Å². The number of oxazole rings is 1. The van der Waals surface area contributed by atoms with Gasteiger partial charge in [0.15, 0.2) is 5.96 Å². The van der Waals surface area contributed by atoms with E-state index >= 15 is 0 Å². The summed E-state index contributed by atoms with van der Waals surface area (Å²) in [5.41, 5.74) is 2.44. The number of aliphatic imine (C=N–C) groups is 1. The first-order valence-corrected chi connectivity index (χ1v) is 7.58. The van der Waals surface area contributed by atoms with Crippen LogP contribution >= 0.6 is 0 Å². The van der Waals surface area contributed by atoms with Crippen LogP contribution in [0.5, 0.6) is 0 Å². The molecule has 0 aliphatic heterocycles. The van der Waals surface area contributed by atoms with E-state index in [1.807, 2.05) is 26.0 Å². The van der Waals surface area contributed by atoms with Crippen LogP contribution in [0, 0.1) is 13.8 Å². The highest BCUT2D eigenvalue weighted by molar-refractivity contribution is 5.89. The Labute approximate surface area is 141 Å². The number of aromatic nitrogens is 1. The van der Waals surface area contributed by atoms with Gasteiger partial charge in [0.2, 0.25) is 5.89 Å². The topological polar surface area (TPSA) is 88.8 Å². The second-order valence-electron chi connectivity index (χ2n) is 5.22. The van der Waals surface area contributed by atoms with E-state index in [1.165, 1.54) is 7.11 Å². The molecule has 0 atom stereocenters. The van der Waals surface area contributed by atoms with Crippen molar-refractivity contribution < 1.29 is 13.9 Å². The van der Waals surface area contributed by atoms with E-state index in [9.17, 15) is 4.79 Å². The van der Waals surface area contributed by atoms with Crippen molar-refractivity contribution in [1.29, 1.82) is 0 Å². The van der Waals surface area contributed by atoms with Crippen LogP contribution in [0.1, 0.15) is 33.3 Å². The Morgan fingerprint density at radius 3 is 2.42 bits per heavy atom. The molecule has 0 aliphatic rings. The third-order valence-corrected chi connectivity index (χ3v) is 3.54. The predicted octanol–water partition coefficient (Wildman–Crippen LogP) is 1.94. The number of aryl methyl sites for hydroxylation is 2. The highest BCUT2D eigenvalue weighted by atomic mass is 16.5. The molecule has 0 fully saturated rings. The van der Waals surface area contributed by atoms with E-state index in [0.717, 1.165) is 17.0 Å². The number of esters is 1. The number of methoxy groups -OCH3 is 1. The first kappa shape index (κ1) is 17.5. The molecule has 1 aromatic heterocycles. The van der Waals surface area contributed by atoms with Gasteiger partial charge < -0.3 is 19.8 Å². The summed E-state index contributed by atoms with van der Waals surface area (Å²) in [6, 6.07) is 7.20. The van der Waals surface area contributed by atoms with Gasteiger partial charge in [-0.05, 0) is 31.5 Å². The lowest BCUT2D eigenvalue weighted by molar-refractivity contribution is 0.0600. The molecule has 0 amide bonds. The number of benzene rings is 1. The molecule has 0 unspecified atom stereocenters. The normalized spacial score (nSPS) is 11.2. The van der Waals surface area contributed by atoms with E-state index in [4.69, 9.17) is 4.42 Å². The van der Waals surface area contributed by atoms with Gasteiger partial charge in [0.25, 0.3) is 0 Å². The van der Waals surface area contributed by atoms with Crippen LogP contribution in [0.3, 0.4) is 0 Å². The van der Waals surface area contributed by atoms with E-state index in [1.54, 1.807) is 19.2 Å². The van der Waals surface area contributed by atoms with Crippen LogP contribution in [0.2, 0.25) is 0 Å². The maximum atomic E-state index is 11.4.